The van der Waals surface area contributed by atoms with E-state index in [2.05, 4.69) is 15.6 Å². The van der Waals surface area contributed by atoms with Gasteiger partial charge in [-0.25, -0.2) is 14.6 Å². The third kappa shape index (κ3) is 7.61. The molecule has 31 heavy (non-hydrogen) atoms. The van der Waals surface area contributed by atoms with Gasteiger partial charge in [-0.15, -0.1) is 0 Å². The van der Waals surface area contributed by atoms with E-state index in [0.29, 0.717) is 0 Å². The summed E-state index contributed by atoms with van der Waals surface area (Å²) in [6, 6.07) is 6.36. The highest BCUT2D eigenvalue weighted by atomic mass is 19.4. The largest absolute Gasteiger partial charge is 0.452 e. The number of hydrogen-bond donors (Lipinski definition) is 3. The first kappa shape index (κ1) is 23.6. The van der Waals surface area contributed by atoms with E-state index < -0.39 is 41.8 Å². The van der Waals surface area contributed by atoms with Crippen molar-refractivity contribution in [3.63, 3.8) is 0 Å². The number of alkyl halides is 3. The van der Waals surface area contributed by atoms with Crippen LogP contribution in [0.15, 0.2) is 42.6 Å². The third-order valence-electron chi connectivity index (χ3n) is 3.56. The number of aromatic nitrogens is 1. The van der Waals surface area contributed by atoms with Crippen LogP contribution in [0.1, 0.15) is 36.7 Å². The fourth-order valence-electron chi connectivity index (χ4n) is 2.32. The Balaban J connectivity index is 2.04. The molecule has 0 spiro atoms. The van der Waals surface area contributed by atoms with Crippen molar-refractivity contribution >= 4 is 29.4 Å². The maximum atomic E-state index is 12.9. The van der Waals surface area contributed by atoms with E-state index >= 15 is 0 Å². The molecule has 0 saturated heterocycles. The Morgan fingerprint density at radius 2 is 1.77 bits per heavy atom. The van der Waals surface area contributed by atoms with Crippen LogP contribution in [-0.4, -0.2) is 35.0 Å². The summed E-state index contributed by atoms with van der Waals surface area (Å²) >= 11 is 0. The van der Waals surface area contributed by atoms with Crippen LogP contribution in [0, 0.1) is 0 Å². The van der Waals surface area contributed by atoms with Crippen molar-refractivity contribution in [2.24, 2.45) is 0 Å². The Kier molecular flexibility index (Phi) is 7.21. The van der Waals surface area contributed by atoms with Crippen LogP contribution in [-0.2, 0) is 15.7 Å². The summed E-state index contributed by atoms with van der Waals surface area (Å²) in [4.78, 5) is 39.7. The first-order valence-electron chi connectivity index (χ1n) is 9.03. The molecule has 2 aromatic rings. The summed E-state index contributed by atoms with van der Waals surface area (Å²) in [7, 11) is 0. The number of anilines is 2. The second-order valence-electron chi connectivity index (χ2n) is 7.43. The van der Waals surface area contributed by atoms with Crippen LogP contribution in [0.4, 0.5) is 29.5 Å². The minimum Gasteiger partial charge on any atom is -0.452 e. The second kappa shape index (κ2) is 9.45. The van der Waals surface area contributed by atoms with Gasteiger partial charge in [0.15, 0.2) is 6.61 Å². The molecular formula is C20H21F3N4O4. The Hall–Kier alpha value is -3.63. The van der Waals surface area contributed by atoms with Crippen LogP contribution >= 0.6 is 0 Å². The number of hydrogen-bond acceptors (Lipinski definition) is 6. The quantitative estimate of drug-likeness (QED) is 0.615. The van der Waals surface area contributed by atoms with Gasteiger partial charge in [0.1, 0.15) is 11.4 Å². The topological polar surface area (TPSA) is 109 Å². The van der Waals surface area contributed by atoms with Crippen molar-refractivity contribution in [2.75, 3.05) is 11.9 Å². The number of benzene rings is 1. The number of carbonyl (C=O) groups is 3. The van der Waals surface area contributed by atoms with Gasteiger partial charge in [0, 0.05) is 17.4 Å². The SMILES string of the molecule is CC(C)(C)NC(=O)NC(=O)COC(=O)c1cccnc1Nc1cccc(C(F)(F)F)c1. The maximum Gasteiger partial charge on any atom is 0.416 e. The average molecular weight is 438 g/mol. The van der Waals surface area contributed by atoms with Crippen molar-refractivity contribution in [1.82, 2.24) is 15.6 Å². The lowest BCUT2D eigenvalue weighted by atomic mass is 10.1. The second-order valence-corrected chi connectivity index (χ2v) is 7.43. The smallest absolute Gasteiger partial charge is 0.416 e. The molecule has 0 fully saturated rings. The number of carbonyl (C=O) groups excluding carboxylic acids is 3. The van der Waals surface area contributed by atoms with Crippen LogP contribution < -0.4 is 16.0 Å². The zero-order valence-corrected chi connectivity index (χ0v) is 17.0. The number of urea groups is 1. The van der Waals surface area contributed by atoms with Crippen molar-refractivity contribution in [2.45, 2.75) is 32.5 Å². The molecule has 0 radical (unpaired) electrons. The van der Waals surface area contributed by atoms with Crippen molar-refractivity contribution < 1.29 is 32.3 Å². The highest BCUT2D eigenvalue weighted by molar-refractivity contribution is 5.99. The molecule has 3 amide bonds. The number of pyridine rings is 1. The van der Waals surface area contributed by atoms with Crippen molar-refractivity contribution in [3.05, 3.63) is 53.7 Å². The number of nitrogens with zero attached hydrogens (tertiary/aromatic N) is 1. The van der Waals surface area contributed by atoms with Gasteiger partial charge in [-0.1, -0.05) is 6.07 Å². The van der Waals surface area contributed by atoms with Gasteiger partial charge in [0.25, 0.3) is 5.91 Å². The maximum absolute atomic E-state index is 12.9. The number of nitrogens with one attached hydrogen (secondary N) is 3. The van der Waals surface area contributed by atoms with Crippen LogP contribution in [0.3, 0.4) is 0 Å². The van der Waals surface area contributed by atoms with E-state index in [1.54, 1.807) is 20.8 Å². The van der Waals surface area contributed by atoms with Gasteiger partial charge in [0.2, 0.25) is 0 Å². The first-order chi connectivity index (χ1) is 14.3. The molecule has 3 N–H and O–H groups in total. The van der Waals surface area contributed by atoms with Gasteiger partial charge in [-0.3, -0.25) is 10.1 Å². The zero-order chi connectivity index (χ0) is 23.2. The number of amides is 3. The molecule has 0 bridgehead atoms. The molecule has 0 saturated carbocycles. The lowest BCUT2D eigenvalue weighted by molar-refractivity contribution is -0.137. The van der Waals surface area contributed by atoms with E-state index in [4.69, 9.17) is 4.74 Å². The van der Waals surface area contributed by atoms with Gasteiger partial charge in [-0.2, -0.15) is 13.2 Å². The fraction of sp³-hybridized carbons (Fsp3) is 0.300. The third-order valence-corrected chi connectivity index (χ3v) is 3.56. The van der Waals surface area contributed by atoms with Crippen molar-refractivity contribution in [3.8, 4) is 0 Å². The molecular weight excluding hydrogens is 417 g/mol. The zero-order valence-electron chi connectivity index (χ0n) is 17.0. The Morgan fingerprint density at radius 1 is 1.06 bits per heavy atom. The van der Waals surface area contributed by atoms with E-state index in [0.717, 1.165) is 12.1 Å². The first-order valence-corrected chi connectivity index (χ1v) is 9.03. The molecule has 1 heterocycles. The van der Waals surface area contributed by atoms with E-state index in [1.165, 1.54) is 30.5 Å². The Bertz CT molecular complexity index is 971. The molecule has 1 aromatic heterocycles. The highest BCUT2D eigenvalue weighted by Gasteiger charge is 2.30. The Labute approximate surface area is 176 Å². The lowest BCUT2D eigenvalue weighted by Crippen LogP contribution is -2.49. The summed E-state index contributed by atoms with van der Waals surface area (Å²) in [5.74, 6) is -1.86. The molecule has 0 atom stereocenters. The molecule has 0 aliphatic heterocycles. The number of halogens is 3. The summed E-state index contributed by atoms with van der Waals surface area (Å²) in [5.41, 5.74) is -1.49. The van der Waals surface area contributed by atoms with Crippen molar-refractivity contribution in [1.29, 1.82) is 0 Å². The number of ether oxygens (including phenoxy) is 1. The molecule has 0 aliphatic carbocycles. The predicted molar refractivity (Wildman–Crippen MR) is 106 cm³/mol. The Morgan fingerprint density at radius 3 is 2.42 bits per heavy atom. The highest BCUT2D eigenvalue weighted by Crippen LogP contribution is 2.31. The van der Waals surface area contributed by atoms with E-state index in [1.807, 2.05) is 5.32 Å². The average Bonchev–Trinajstić information content (AvgIpc) is 2.64. The van der Waals surface area contributed by atoms with E-state index in [-0.39, 0.29) is 17.1 Å². The standard InChI is InChI=1S/C20H21F3N4O4/c1-19(2,3)27-18(30)26-15(28)11-31-17(29)14-8-5-9-24-16(14)25-13-7-4-6-12(10-13)20(21,22)23/h4-10H,11H2,1-3H3,(H,24,25)(H2,26,27,28,30). The fourth-order valence-corrected chi connectivity index (χ4v) is 2.32. The number of imide groups is 1. The molecule has 1 aromatic carbocycles. The van der Waals surface area contributed by atoms with Gasteiger partial charge < -0.3 is 15.4 Å². The normalized spacial score (nSPS) is 11.4. The summed E-state index contributed by atoms with van der Waals surface area (Å²) in [6.07, 6.45) is -3.20. The van der Waals surface area contributed by atoms with E-state index in [9.17, 15) is 27.6 Å². The van der Waals surface area contributed by atoms with Gasteiger partial charge in [0.05, 0.1) is 5.56 Å². The monoisotopic (exact) mass is 438 g/mol. The minimum absolute atomic E-state index is 0.0548. The van der Waals surface area contributed by atoms with Crippen LogP contribution in [0.5, 0.6) is 0 Å². The summed E-state index contributed by atoms with van der Waals surface area (Å²) < 4.78 is 43.5. The molecule has 0 aliphatic rings. The molecule has 0 unspecified atom stereocenters. The minimum atomic E-state index is -4.53. The molecule has 11 heteroatoms. The van der Waals surface area contributed by atoms with Gasteiger partial charge >= 0.3 is 18.2 Å². The van der Waals surface area contributed by atoms with Gasteiger partial charge in [-0.05, 0) is 51.1 Å². The predicted octanol–water partition coefficient (Wildman–Crippen LogP) is 3.63. The number of rotatable bonds is 5. The van der Waals surface area contributed by atoms with Crippen LogP contribution in [0.2, 0.25) is 0 Å². The van der Waals surface area contributed by atoms with Crippen LogP contribution in [0.25, 0.3) is 0 Å². The molecule has 8 nitrogen and oxygen atoms in total. The number of esters is 1. The lowest BCUT2D eigenvalue weighted by Gasteiger charge is -2.20. The summed E-state index contributed by atoms with van der Waals surface area (Å²) in [6.45, 7) is 4.42. The molecule has 2 rings (SSSR count). The summed E-state index contributed by atoms with van der Waals surface area (Å²) in [5, 5.41) is 7.16. The molecule has 166 valence electrons.